The average molecular weight is 378 g/mol. The molecule has 124 valence electrons. The molecule has 0 aliphatic carbocycles. The van der Waals surface area contributed by atoms with Crippen LogP contribution in [-0.4, -0.2) is 68.6 Å². The smallest absolute Gasteiger partial charge is 0.301 e. The Morgan fingerprint density at radius 3 is 0.923 bits per heavy atom. The van der Waals surface area contributed by atoms with Gasteiger partial charge in [-0.05, 0) is 33.8 Å². The molecule has 0 amide bonds. The fraction of sp³-hybridized carbons (Fsp3) is 0. The van der Waals surface area contributed by atoms with Crippen LogP contribution in [-0.2, 0) is 0 Å². The quantitative estimate of drug-likeness (QED) is 0.478. The van der Waals surface area contributed by atoms with E-state index in [0.717, 1.165) is 24.3 Å². The third-order valence-corrected chi connectivity index (χ3v) is 2.67. The minimum Gasteiger partial charge on any atom is -0.301 e. The molecule has 4 bridgehead atoms. The second kappa shape index (κ2) is 9.76. The monoisotopic (exact) mass is 378 g/mol. The van der Waals surface area contributed by atoms with Crippen LogP contribution in [0.1, 0.15) is 0 Å². The fourth-order valence-electron chi connectivity index (χ4n) is 1.66. The van der Waals surface area contributed by atoms with Gasteiger partial charge in [0, 0.05) is 83.4 Å². The van der Waals surface area contributed by atoms with E-state index in [9.17, 15) is 19.2 Å². The number of benzene rings is 1. The van der Waals surface area contributed by atoms with Gasteiger partial charge in [-0.2, -0.15) is 0 Å². The number of hydrogen-bond donors (Lipinski definition) is 0. The minimum absolute atomic E-state index is 0. The molecule has 0 fully saturated rings. The van der Waals surface area contributed by atoms with E-state index in [4.69, 9.17) is 18.1 Å². The van der Waals surface area contributed by atoms with Gasteiger partial charge >= 0.3 is 22.5 Å². The number of nitrogens with zero attached hydrogens (tertiary/aromatic N) is 2. The van der Waals surface area contributed by atoms with Crippen molar-refractivity contribution in [3.8, 4) is 0 Å². The van der Waals surface area contributed by atoms with Crippen molar-refractivity contribution in [3.05, 3.63) is 90.2 Å². The summed E-state index contributed by atoms with van der Waals surface area (Å²) < 4.78 is 20.4. The Morgan fingerprint density at radius 2 is 0.692 bits per heavy atom. The van der Waals surface area contributed by atoms with Crippen LogP contribution in [0.4, 0.5) is 0 Å². The maximum Gasteiger partial charge on any atom is 0.360 e. The standard InChI is InChI=1S/C14H8N2O8.2Na/c17-11-5-7-13(19)23-16-10-2-1-9(3-4-10)15(21-11)22-12(18)6-8-14(20)24-16;;/h1-8H;;. The molecule has 0 aliphatic rings. The van der Waals surface area contributed by atoms with Crippen molar-refractivity contribution < 1.29 is 18.1 Å². The fourth-order valence-corrected chi connectivity index (χ4v) is 1.66. The zero-order valence-electron chi connectivity index (χ0n) is 13.8. The molecule has 0 saturated carbocycles. The van der Waals surface area contributed by atoms with Crippen LogP contribution >= 0.6 is 0 Å². The molecule has 0 spiro atoms. The number of aromatic nitrogens is 2. The molecule has 5 aromatic rings. The Bertz CT molecular complexity index is 1070. The number of hydrogen-bond acceptors (Lipinski definition) is 8. The van der Waals surface area contributed by atoms with E-state index in [2.05, 4.69) is 0 Å². The minimum atomic E-state index is -1.01. The van der Waals surface area contributed by atoms with E-state index in [0.29, 0.717) is 9.49 Å². The molecular formula is C14H8N2Na2O8. The van der Waals surface area contributed by atoms with E-state index in [1.165, 1.54) is 24.3 Å². The summed E-state index contributed by atoms with van der Waals surface area (Å²) in [5, 5.41) is 0. The summed E-state index contributed by atoms with van der Waals surface area (Å²) in [6, 6.07) is 8.50. The average Bonchev–Trinajstić information content (AvgIpc) is 2.55. The summed E-state index contributed by atoms with van der Waals surface area (Å²) in [6.45, 7) is 0. The second-order valence-corrected chi connectivity index (χ2v) is 4.34. The predicted molar refractivity (Wildman–Crippen MR) is 89.3 cm³/mol. The van der Waals surface area contributed by atoms with Gasteiger partial charge < -0.3 is 18.1 Å². The maximum atomic E-state index is 11.7. The molecule has 1 aromatic carbocycles. The summed E-state index contributed by atoms with van der Waals surface area (Å²) in [5.74, 6) is 0. The van der Waals surface area contributed by atoms with E-state index >= 15 is 0 Å². The van der Waals surface area contributed by atoms with Crippen LogP contribution in [0.15, 0.2) is 85.8 Å². The van der Waals surface area contributed by atoms with Crippen molar-refractivity contribution in [2.75, 3.05) is 0 Å². The van der Waals surface area contributed by atoms with Gasteiger partial charge in [-0.3, -0.25) is 0 Å². The molecule has 4 aromatic heterocycles. The van der Waals surface area contributed by atoms with Crippen molar-refractivity contribution in [3.63, 3.8) is 0 Å². The first-order chi connectivity index (χ1) is 11.5. The Hall–Kier alpha value is -1.82. The SMILES string of the molecule is O=c1ccc(=O)on2oc(=O)ccc(=O)on(o1)c1ccc2cc1.[Na].[Na]. The van der Waals surface area contributed by atoms with Crippen LogP contribution in [0.5, 0.6) is 0 Å². The zero-order chi connectivity index (χ0) is 17.1. The predicted octanol–water partition coefficient (Wildman–Crippen LogP) is -0.508. The third-order valence-electron chi connectivity index (χ3n) is 2.67. The Kier molecular flexibility index (Phi) is 8.34. The normalized spacial score (nSPS) is 9.54. The van der Waals surface area contributed by atoms with Gasteiger partial charge in [0.2, 0.25) is 0 Å². The summed E-state index contributed by atoms with van der Waals surface area (Å²) in [7, 11) is 0. The van der Waals surface area contributed by atoms with Crippen LogP contribution in [0.25, 0.3) is 11.0 Å². The topological polar surface area (TPSA) is 130 Å². The van der Waals surface area contributed by atoms with Crippen LogP contribution < -0.4 is 22.5 Å². The Morgan fingerprint density at radius 1 is 0.462 bits per heavy atom. The second-order valence-electron chi connectivity index (χ2n) is 4.34. The van der Waals surface area contributed by atoms with E-state index < -0.39 is 22.5 Å². The van der Waals surface area contributed by atoms with Crippen molar-refractivity contribution >= 4 is 70.1 Å². The molecule has 0 unspecified atom stereocenters. The van der Waals surface area contributed by atoms with Crippen molar-refractivity contribution in [1.29, 1.82) is 0 Å². The molecule has 0 N–H and O–H groups in total. The van der Waals surface area contributed by atoms with Crippen LogP contribution in [0.2, 0.25) is 0 Å². The first-order valence-electron chi connectivity index (χ1n) is 6.45. The third kappa shape index (κ3) is 5.59. The summed E-state index contributed by atoms with van der Waals surface area (Å²) in [5.41, 5.74) is -3.66. The van der Waals surface area contributed by atoms with Gasteiger partial charge in [0.1, 0.15) is 11.0 Å². The van der Waals surface area contributed by atoms with E-state index in [1.807, 2.05) is 0 Å². The number of rotatable bonds is 0. The maximum absolute atomic E-state index is 11.7. The van der Waals surface area contributed by atoms with Crippen LogP contribution in [0.3, 0.4) is 0 Å². The van der Waals surface area contributed by atoms with Crippen LogP contribution in [0, 0.1) is 0 Å². The van der Waals surface area contributed by atoms with Gasteiger partial charge in [0.15, 0.2) is 0 Å². The molecular weight excluding hydrogens is 370 g/mol. The zero-order valence-corrected chi connectivity index (χ0v) is 17.8. The molecule has 12 heteroatoms. The van der Waals surface area contributed by atoms with E-state index in [1.54, 1.807) is 0 Å². The largest absolute Gasteiger partial charge is 0.360 e. The molecule has 26 heavy (non-hydrogen) atoms. The molecule has 0 aliphatic heterocycles. The molecule has 0 atom stereocenters. The Labute approximate surface area is 186 Å². The molecule has 4 heterocycles. The van der Waals surface area contributed by atoms with Gasteiger partial charge in [-0.1, -0.05) is 0 Å². The number of fused-ring (bicyclic) bond motifs is 10. The van der Waals surface area contributed by atoms with Gasteiger partial charge in [-0.15, -0.1) is 0 Å². The molecule has 5 rings (SSSR count). The summed E-state index contributed by atoms with van der Waals surface area (Å²) in [4.78, 5) is 46.7. The van der Waals surface area contributed by atoms with Gasteiger partial charge in [0.05, 0.1) is 0 Å². The van der Waals surface area contributed by atoms with E-state index in [-0.39, 0.29) is 70.1 Å². The molecule has 0 saturated heterocycles. The molecule has 10 nitrogen and oxygen atoms in total. The summed E-state index contributed by atoms with van der Waals surface area (Å²) in [6.07, 6.45) is 0. The van der Waals surface area contributed by atoms with Crippen molar-refractivity contribution in [2.24, 2.45) is 0 Å². The van der Waals surface area contributed by atoms with Gasteiger partial charge in [-0.25, -0.2) is 19.2 Å². The van der Waals surface area contributed by atoms with Crippen molar-refractivity contribution in [1.82, 2.24) is 9.49 Å². The van der Waals surface area contributed by atoms with Gasteiger partial charge in [0.25, 0.3) is 0 Å². The van der Waals surface area contributed by atoms with Crippen molar-refractivity contribution in [2.45, 2.75) is 0 Å². The first-order valence-corrected chi connectivity index (χ1v) is 6.45. The first kappa shape index (κ1) is 22.2. The molecule has 2 radical (unpaired) electrons. The summed E-state index contributed by atoms with van der Waals surface area (Å²) >= 11 is 0. The Balaban J connectivity index is 0.00000169.